The van der Waals surface area contributed by atoms with E-state index in [0.29, 0.717) is 11.4 Å². The van der Waals surface area contributed by atoms with Gasteiger partial charge in [0.1, 0.15) is 5.82 Å². The molecule has 0 saturated heterocycles. The van der Waals surface area contributed by atoms with Crippen molar-refractivity contribution < 1.29 is 9.50 Å². The molecule has 0 spiro atoms. The second-order valence-electron chi connectivity index (χ2n) is 4.20. The summed E-state index contributed by atoms with van der Waals surface area (Å²) in [5.74, 6) is -0.267. The van der Waals surface area contributed by atoms with Gasteiger partial charge in [0.05, 0.1) is 6.10 Å². The van der Waals surface area contributed by atoms with Gasteiger partial charge in [0.2, 0.25) is 0 Å². The zero-order valence-electron chi connectivity index (χ0n) is 8.92. The number of benzene rings is 1. The number of halogens is 2. The predicted octanol–water partition coefficient (Wildman–Crippen LogP) is 3.49. The number of aliphatic hydroxyl groups excluding tert-OH is 1. The van der Waals surface area contributed by atoms with Crippen LogP contribution in [0.25, 0.3) is 0 Å². The van der Waals surface area contributed by atoms with Crippen molar-refractivity contribution in [2.24, 2.45) is 0 Å². The van der Waals surface area contributed by atoms with Gasteiger partial charge in [-0.3, -0.25) is 0 Å². The molecule has 0 radical (unpaired) electrons. The van der Waals surface area contributed by atoms with Gasteiger partial charge in [0, 0.05) is 5.02 Å². The standard InChI is InChI=1S/C13H14ClFO/c14-13-5-4-11(15)8-10(13)6-9-2-1-3-12(16)7-9/h4-5,7-8,12,16H,1-3,6H2. The van der Waals surface area contributed by atoms with E-state index in [4.69, 9.17) is 11.6 Å². The maximum atomic E-state index is 13.1. The van der Waals surface area contributed by atoms with Crippen molar-refractivity contribution >= 4 is 11.6 Å². The van der Waals surface area contributed by atoms with Gasteiger partial charge in [-0.05, 0) is 49.4 Å². The molecular formula is C13H14ClFO. The maximum absolute atomic E-state index is 13.1. The van der Waals surface area contributed by atoms with Gasteiger partial charge in [0.25, 0.3) is 0 Å². The highest BCUT2D eigenvalue weighted by Gasteiger charge is 2.12. The molecule has 1 unspecified atom stereocenters. The van der Waals surface area contributed by atoms with Crippen LogP contribution in [0.4, 0.5) is 4.39 Å². The molecule has 0 aliphatic heterocycles. The van der Waals surface area contributed by atoms with E-state index in [1.807, 2.05) is 6.08 Å². The summed E-state index contributed by atoms with van der Waals surface area (Å²) in [5.41, 5.74) is 1.94. The zero-order chi connectivity index (χ0) is 11.5. The van der Waals surface area contributed by atoms with Crippen LogP contribution < -0.4 is 0 Å². The van der Waals surface area contributed by atoms with Gasteiger partial charge in [-0.2, -0.15) is 0 Å². The van der Waals surface area contributed by atoms with Crippen LogP contribution in [0, 0.1) is 5.82 Å². The number of rotatable bonds is 2. The Labute approximate surface area is 99.6 Å². The fraction of sp³-hybridized carbons (Fsp3) is 0.385. The van der Waals surface area contributed by atoms with E-state index < -0.39 is 0 Å². The summed E-state index contributed by atoms with van der Waals surface area (Å²) in [6, 6.07) is 4.39. The minimum absolute atomic E-state index is 0.267. The molecule has 1 aromatic rings. The largest absolute Gasteiger partial charge is 0.389 e. The lowest BCUT2D eigenvalue weighted by molar-refractivity contribution is 0.202. The minimum atomic E-state index is -0.351. The highest BCUT2D eigenvalue weighted by atomic mass is 35.5. The van der Waals surface area contributed by atoms with E-state index >= 15 is 0 Å². The quantitative estimate of drug-likeness (QED) is 0.785. The molecule has 0 saturated carbocycles. The first-order chi connectivity index (χ1) is 7.65. The molecule has 1 aliphatic rings. The lowest BCUT2D eigenvalue weighted by Crippen LogP contribution is -2.10. The van der Waals surface area contributed by atoms with E-state index in [1.165, 1.54) is 12.1 Å². The Morgan fingerprint density at radius 3 is 3.00 bits per heavy atom. The fourth-order valence-corrected chi connectivity index (χ4v) is 2.23. The summed E-state index contributed by atoms with van der Waals surface area (Å²) < 4.78 is 13.1. The van der Waals surface area contributed by atoms with Gasteiger partial charge < -0.3 is 5.11 Å². The van der Waals surface area contributed by atoms with E-state index in [9.17, 15) is 9.50 Å². The highest BCUT2D eigenvalue weighted by molar-refractivity contribution is 6.31. The summed E-state index contributed by atoms with van der Waals surface area (Å²) in [5, 5.41) is 10.1. The van der Waals surface area contributed by atoms with Gasteiger partial charge >= 0.3 is 0 Å². The van der Waals surface area contributed by atoms with E-state index in [1.54, 1.807) is 6.07 Å². The summed E-state index contributed by atoms with van der Waals surface area (Å²) in [6.45, 7) is 0. The second-order valence-corrected chi connectivity index (χ2v) is 4.60. The van der Waals surface area contributed by atoms with Gasteiger partial charge in [-0.25, -0.2) is 4.39 Å². The third-order valence-corrected chi connectivity index (χ3v) is 3.22. The van der Waals surface area contributed by atoms with Crippen molar-refractivity contribution in [2.75, 3.05) is 0 Å². The molecule has 0 amide bonds. The Balaban J connectivity index is 2.17. The van der Waals surface area contributed by atoms with Gasteiger partial charge in [-0.15, -0.1) is 0 Å². The van der Waals surface area contributed by atoms with Crippen LogP contribution in [0.5, 0.6) is 0 Å². The molecule has 16 heavy (non-hydrogen) atoms. The van der Waals surface area contributed by atoms with Crippen LogP contribution in [-0.2, 0) is 6.42 Å². The van der Waals surface area contributed by atoms with E-state index in [2.05, 4.69) is 0 Å². The smallest absolute Gasteiger partial charge is 0.123 e. The highest BCUT2D eigenvalue weighted by Crippen LogP contribution is 2.25. The second kappa shape index (κ2) is 4.98. The van der Waals surface area contributed by atoms with Gasteiger partial charge in [-0.1, -0.05) is 23.3 Å². The molecule has 86 valence electrons. The normalized spacial score (nSPS) is 20.7. The molecule has 2 rings (SSSR count). The third kappa shape index (κ3) is 2.83. The predicted molar refractivity (Wildman–Crippen MR) is 63.1 cm³/mol. The number of hydrogen-bond donors (Lipinski definition) is 1. The fourth-order valence-electron chi connectivity index (χ4n) is 2.05. The lowest BCUT2D eigenvalue weighted by atomic mass is 9.93. The topological polar surface area (TPSA) is 20.2 Å². The Morgan fingerprint density at radius 1 is 1.44 bits per heavy atom. The van der Waals surface area contributed by atoms with Crippen LogP contribution in [0.15, 0.2) is 29.8 Å². The van der Waals surface area contributed by atoms with Gasteiger partial charge in [0.15, 0.2) is 0 Å². The Morgan fingerprint density at radius 2 is 2.25 bits per heavy atom. The number of aliphatic hydroxyl groups is 1. The van der Waals surface area contributed by atoms with Crippen molar-refractivity contribution in [3.8, 4) is 0 Å². The number of allylic oxidation sites excluding steroid dienone is 1. The molecular weight excluding hydrogens is 227 g/mol. The first-order valence-corrected chi connectivity index (χ1v) is 5.84. The van der Waals surface area contributed by atoms with Crippen LogP contribution >= 0.6 is 11.6 Å². The van der Waals surface area contributed by atoms with Crippen molar-refractivity contribution in [1.82, 2.24) is 0 Å². The van der Waals surface area contributed by atoms with Crippen molar-refractivity contribution in [3.05, 3.63) is 46.3 Å². The average Bonchev–Trinajstić information content (AvgIpc) is 2.24. The SMILES string of the molecule is OC1C=C(Cc2cc(F)ccc2Cl)CCC1. The number of hydrogen-bond acceptors (Lipinski definition) is 1. The summed E-state index contributed by atoms with van der Waals surface area (Å²) in [7, 11) is 0. The lowest BCUT2D eigenvalue weighted by Gasteiger charge is -2.17. The molecule has 1 atom stereocenters. The van der Waals surface area contributed by atoms with E-state index in [0.717, 1.165) is 30.4 Å². The van der Waals surface area contributed by atoms with E-state index in [-0.39, 0.29) is 11.9 Å². The molecule has 0 fully saturated rings. The van der Waals surface area contributed by atoms with Crippen LogP contribution in [-0.4, -0.2) is 11.2 Å². The summed E-state index contributed by atoms with van der Waals surface area (Å²) in [4.78, 5) is 0. The Bertz CT molecular complexity index is 414. The van der Waals surface area contributed by atoms with Crippen LogP contribution in [0.3, 0.4) is 0 Å². The summed E-state index contributed by atoms with van der Waals surface area (Å²) >= 11 is 6.00. The minimum Gasteiger partial charge on any atom is -0.389 e. The third-order valence-electron chi connectivity index (χ3n) is 2.85. The van der Waals surface area contributed by atoms with Crippen molar-refractivity contribution in [3.63, 3.8) is 0 Å². The first kappa shape index (κ1) is 11.6. The average molecular weight is 241 g/mol. The monoisotopic (exact) mass is 240 g/mol. The summed E-state index contributed by atoms with van der Waals surface area (Å²) in [6.07, 6.45) is 4.92. The molecule has 1 aliphatic carbocycles. The molecule has 0 heterocycles. The Hall–Kier alpha value is -0.860. The van der Waals surface area contributed by atoms with Crippen LogP contribution in [0.1, 0.15) is 24.8 Å². The molecule has 1 nitrogen and oxygen atoms in total. The van der Waals surface area contributed by atoms with Crippen molar-refractivity contribution in [1.29, 1.82) is 0 Å². The molecule has 1 aromatic carbocycles. The maximum Gasteiger partial charge on any atom is 0.123 e. The first-order valence-electron chi connectivity index (χ1n) is 5.47. The van der Waals surface area contributed by atoms with Crippen LogP contribution in [0.2, 0.25) is 5.02 Å². The van der Waals surface area contributed by atoms with Crippen molar-refractivity contribution in [2.45, 2.75) is 31.8 Å². The molecule has 3 heteroatoms. The Kier molecular flexibility index (Phi) is 3.62. The molecule has 1 N–H and O–H groups in total. The molecule has 0 aromatic heterocycles. The molecule has 0 bridgehead atoms. The zero-order valence-corrected chi connectivity index (χ0v) is 9.67.